The van der Waals surface area contributed by atoms with Crippen LogP contribution in [0.4, 0.5) is 0 Å². The minimum atomic E-state index is -0.250. The van der Waals surface area contributed by atoms with E-state index in [1.807, 2.05) is 6.07 Å². The van der Waals surface area contributed by atoms with Gasteiger partial charge in [-0.05, 0) is 0 Å². The first-order valence-electron chi connectivity index (χ1n) is 3.41. The number of aromatic amines is 1. The van der Waals surface area contributed by atoms with Gasteiger partial charge in [0.25, 0.3) is 0 Å². The van der Waals surface area contributed by atoms with Crippen molar-refractivity contribution in [2.45, 2.75) is 0 Å². The smallest absolute Gasteiger partial charge is 0.201 e. The van der Waals surface area contributed by atoms with Crippen molar-refractivity contribution in [2.24, 2.45) is 0 Å². The van der Waals surface area contributed by atoms with Crippen LogP contribution in [0.25, 0.3) is 5.65 Å². The Hall–Kier alpha value is -2.02. The van der Waals surface area contributed by atoms with Gasteiger partial charge in [-0.2, -0.15) is 5.26 Å². The average Bonchev–Trinajstić information content (AvgIpc) is 2.52. The van der Waals surface area contributed by atoms with Crippen LogP contribution < -0.4 is 5.43 Å². The first-order valence-corrected chi connectivity index (χ1v) is 3.41. The van der Waals surface area contributed by atoms with Crippen molar-refractivity contribution >= 4 is 5.65 Å². The molecule has 1 N–H and O–H groups in total. The molecule has 0 aliphatic rings. The van der Waals surface area contributed by atoms with Gasteiger partial charge in [-0.1, -0.05) is 0 Å². The van der Waals surface area contributed by atoms with Gasteiger partial charge in [-0.25, -0.2) is 0 Å². The highest BCUT2D eigenvalue weighted by molar-refractivity contribution is 5.54. The van der Waals surface area contributed by atoms with Crippen LogP contribution in [-0.2, 0) is 0 Å². The lowest BCUT2D eigenvalue weighted by molar-refractivity contribution is 1.16. The Morgan fingerprint density at radius 1 is 1.50 bits per heavy atom. The maximum absolute atomic E-state index is 11.1. The van der Waals surface area contributed by atoms with Gasteiger partial charge >= 0.3 is 0 Å². The van der Waals surface area contributed by atoms with E-state index in [1.165, 1.54) is 6.07 Å². The number of nitriles is 1. The minimum absolute atomic E-state index is 0.155. The number of hydrogen-bond donors (Lipinski definition) is 1. The third-order valence-electron chi connectivity index (χ3n) is 1.69. The van der Waals surface area contributed by atoms with E-state index in [-0.39, 0.29) is 11.0 Å². The second-order valence-corrected chi connectivity index (χ2v) is 2.38. The molecule has 0 spiro atoms. The summed E-state index contributed by atoms with van der Waals surface area (Å²) in [6.45, 7) is 0. The van der Waals surface area contributed by atoms with Crippen molar-refractivity contribution in [1.29, 1.82) is 5.26 Å². The summed E-state index contributed by atoms with van der Waals surface area (Å²) in [4.78, 5) is 13.9. The number of hydrogen-bond acceptors (Lipinski definition) is 2. The number of imidazole rings is 1. The molecule has 0 radical (unpaired) electrons. The normalized spacial score (nSPS) is 9.92. The summed E-state index contributed by atoms with van der Waals surface area (Å²) in [7, 11) is 0. The van der Waals surface area contributed by atoms with E-state index in [1.54, 1.807) is 23.0 Å². The Morgan fingerprint density at radius 2 is 2.33 bits per heavy atom. The summed E-state index contributed by atoms with van der Waals surface area (Å²) >= 11 is 0. The molecule has 0 aliphatic carbocycles. The summed E-state index contributed by atoms with van der Waals surface area (Å²) in [6.07, 6.45) is 5.04. The van der Waals surface area contributed by atoms with E-state index >= 15 is 0 Å². The predicted molar refractivity (Wildman–Crippen MR) is 42.7 cm³/mol. The second kappa shape index (κ2) is 2.24. The molecule has 0 bridgehead atoms. The highest BCUT2D eigenvalue weighted by Crippen LogP contribution is 2.01. The van der Waals surface area contributed by atoms with Crippen LogP contribution in [0.15, 0.2) is 29.5 Å². The Kier molecular flexibility index (Phi) is 1.25. The van der Waals surface area contributed by atoms with Gasteiger partial charge in [-0.3, -0.25) is 4.79 Å². The summed E-state index contributed by atoms with van der Waals surface area (Å²) in [5.41, 5.74) is 0.451. The van der Waals surface area contributed by atoms with Gasteiger partial charge in [0.2, 0.25) is 5.43 Å². The van der Waals surface area contributed by atoms with Gasteiger partial charge in [0.05, 0.1) is 0 Å². The first-order chi connectivity index (χ1) is 5.83. The summed E-state index contributed by atoms with van der Waals surface area (Å²) in [5.74, 6) is 0. The molecule has 2 aromatic rings. The molecule has 58 valence electrons. The van der Waals surface area contributed by atoms with Gasteiger partial charge in [0.1, 0.15) is 17.3 Å². The van der Waals surface area contributed by atoms with Crippen LogP contribution >= 0.6 is 0 Å². The van der Waals surface area contributed by atoms with E-state index in [0.717, 1.165) is 0 Å². The van der Waals surface area contributed by atoms with Gasteiger partial charge in [-0.15, -0.1) is 0 Å². The molecule has 2 heterocycles. The van der Waals surface area contributed by atoms with E-state index < -0.39 is 0 Å². The number of nitrogens with zero attached hydrogens (tertiary/aromatic N) is 2. The highest BCUT2D eigenvalue weighted by atomic mass is 16.1. The lowest BCUT2D eigenvalue weighted by Crippen LogP contribution is -2.06. The molecular weight excluding hydrogens is 154 g/mol. The molecule has 0 atom stereocenters. The van der Waals surface area contributed by atoms with Crippen molar-refractivity contribution in [3.05, 3.63) is 40.4 Å². The van der Waals surface area contributed by atoms with Crippen LogP contribution in [-0.4, -0.2) is 9.38 Å². The van der Waals surface area contributed by atoms with Crippen LogP contribution in [0.5, 0.6) is 0 Å². The van der Waals surface area contributed by atoms with E-state index in [0.29, 0.717) is 5.65 Å². The van der Waals surface area contributed by atoms with Crippen LogP contribution in [0.2, 0.25) is 0 Å². The number of nitrogens with one attached hydrogen (secondary N) is 1. The fraction of sp³-hybridized carbons (Fsp3) is 0. The molecule has 4 heteroatoms. The molecule has 4 nitrogen and oxygen atoms in total. The van der Waals surface area contributed by atoms with Crippen LogP contribution in [0.1, 0.15) is 5.56 Å². The van der Waals surface area contributed by atoms with E-state index in [2.05, 4.69) is 4.98 Å². The summed E-state index contributed by atoms with van der Waals surface area (Å²) in [5, 5.41) is 8.65. The maximum atomic E-state index is 11.1. The first kappa shape index (κ1) is 6.68. The average molecular weight is 159 g/mol. The zero-order valence-corrected chi connectivity index (χ0v) is 6.11. The third kappa shape index (κ3) is 0.736. The zero-order chi connectivity index (χ0) is 8.55. The third-order valence-corrected chi connectivity index (χ3v) is 1.69. The lowest BCUT2D eigenvalue weighted by Gasteiger charge is -1.92. The molecule has 12 heavy (non-hydrogen) atoms. The van der Waals surface area contributed by atoms with E-state index in [4.69, 9.17) is 5.26 Å². The number of aromatic nitrogens is 2. The number of pyridine rings is 1. The van der Waals surface area contributed by atoms with Crippen molar-refractivity contribution in [3.8, 4) is 6.07 Å². The second-order valence-electron chi connectivity index (χ2n) is 2.38. The predicted octanol–water partition coefficient (Wildman–Crippen LogP) is 0.499. The molecule has 0 unspecified atom stereocenters. The standard InChI is InChI=1S/C8H5N3O/c9-5-6-7(12)1-3-11-4-2-10-8(6)11/h1-4,10H. The molecule has 0 amide bonds. The fourth-order valence-electron chi connectivity index (χ4n) is 1.13. The number of fused-ring (bicyclic) bond motifs is 1. The van der Waals surface area contributed by atoms with Crippen molar-refractivity contribution in [3.63, 3.8) is 0 Å². The van der Waals surface area contributed by atoms with Crippen LogP contribution in [0, 0.1) is 11.3 Å². The number of rotatable bonds is 0. The molecule has 2 rings (SSSR count). The Balaban J connectivity index is 3.05. The maximum Gasteiger partial charge on any atom is 0.201 e. The van der Waals surface area contributed by atoms with Gasteiger partial charge in [0, 0.05) is 24.7 Å². The van der Waals surface area contributed by atoms with Gasteiger partial charge in [0.15, 0.2) is 0 Å². The molecule has 0 aliphatic heterocycles. The molecule has 0 aromatic carbocycles. The molecule has 0 saturated carbocycles. The monoisotopic (exact) mass is 159 g/mol. The summed E-state index contributed by atoms with van der Waals surface area (Å²) in [6, 6.07) is 3.23. The summed E-state index contributed by atoms with van der Waals surface area (Å²) < 4.78 is 1.69. The topological polar surface area (TPSA) is 61.1 Å². The highest BCUT2D eigenvalue weighted by Gasteiger charge is 2.03. The largest absolute Gasteiger partial charge is 0.345 e. The molecular formula is C8H5N3O. The Morgan fingerprint density at radius 3 is 3.08 bits per heavy atom. The lowest BCUT2D eigenvalue weighted by atomic mass is 10.3. The Bertz CT molecular complexity index is 515. The minimum Gasteiger partial charge on any atom is -0.345 e. The molecule has 2 aromatic heterocycles. The molecule has 0 fully saturated rings. The van der Waals surface area contributed by atoms with Crippen molar-refractivity contribution < 1.29 is 0 Å². The Labute approximate surface area is 67.7 Å². The zero-order valence-electron chi connectivity index (χ0n) is 6.11. The van der Waals surface area contributed by atoms with Crippen LogP contribution in [0.3, 0.4) is 0 Å². The molecule has 0 saturated heterocycles. The van der Waals surface area contributed by atoms with Crippen molar-refractivity contribution in [2.75, 3.05) is 0 Å². The number of H-pyrrole nitrogens is 1. The van der Waals surface area contributed by atoms with Crippen molar-refractivity contribution in [1.82, 2.24) is 9.38 Å². The fourth-order valence-corrected chi connectivity index (χ4v) is 1.13. The SMILES string of the molecule is N#Cc1c(=O)ccn2cc[nH]c12. The van der Waals surface area contributed by atoms with Gasteiger partial charge < -0.3 is 9.38 Å². The van der Waals surface area contributed by atoms with E-state index in [9.17, 15) is 4.79 Å². The quantitative estimate of drug-likeness (QED) is 0.608.